The van der Waals surface area contributed by atoms with Gasteiger partial charge in [-0.1, -0.05) is 0 Å². The highest BCUT2D eigenvalue weighted by Crippen LogP contribution is 2.33. The Balaban J connectivity index is 1.62. The lowest BCUT2D eigenvalue weighted by Gasteiger charge is -2.33. The van der Waals surface area contributed by atoms with Gasteiger partial charge in [-0.15, -0.1) is 11.3 Å². The number of amides is 2. The molecular weight excluding hydrogens is 339 g/mol. The number of alkyl halides is 3. The number of halogens is 3. The number of benzene rings is 1. The third-order valence-corrected chi connectivity index (χ3v) is 4.81. The molecule has 1 aromatic heterocycles. The van der Waals surface area contributed by atoms with E-state index in [-0.39, 0.29) is 13.0 Å². The highest BCUT2D eigenvalue weighted by Gasteiger charge is 2.42. The molecular formula is C16H16F3N3OS. The first kappa shape index (κ1) is 16.8. The Kier molecular flexibility index (Phi) is 4.75. The number of piperidine rings is 1. The van der Waals surface area contributed by atoms with Gasteiger partial charge in [0, 0.05) is 35.9 Å². The molecule has 0 aliphatic carbocycles. The largest absolute Gasteiger partial charge is 0.393 e. The summed E-state index contributed by atoms with van der Waals surface area (Å²) in [6.07, 6.45) is -2.10. The van der Waals surface area contributed by atoms with Crippen molar-refractivity contribution in [3.8, 4) is 10.6 Å². The average Bonchev–Trinajstić information content (AvgIpc) is 3.09. The van der Waals surface area contributed by atoms with Crippen molar-refractivity contribution < 1.29 is 18.0 Å². The molecule has 0 bridgehead atoms. The smallest absolute Gasteiger partial charge is 0.324 e. The molecule has 2 amide bonds. The van der Waals surface area contributed by atoms with Gasteiger partial charge in [0.05, 0.1) is 5.92 Å². The molecule has 3 rings (SSSR count). The molecule has 1 aliphatic rings. The molecule has 1 atom stereocenters. The fourth-order valence-corrected chi connectivity index (χ4v) is 3.34. The van der Waals surface area contributed by atoms with E-state index in [1.165, 1.54) is 16.2 Å². The minimum Gasteiger partial charge on any atom is -0.324 e. The van der Waals surface area contributed by atoms with Crippen LogP contribution >= 0.6 is 11.3 Å². The van der Waals surface area contributed by atoms with Crippen molar-refractivity contribution in [1.29, 1.82) is 0 Å². The number of urea groups is 1. The van der Waals surface area contributed by atoms with Gasteiger partial charge < -0.3 is 10.2 Å². The van der Waals surface area contributed by atoms with Crippen molar-refractivity contribution in [1.82, 2.24) is 9.88 Å². The molecule has 0 saturated carbocycles. The maximum atomic E-state index is 12.8. The lowest BCUT2D eigenvalue weighted by molar-refractivity contribution is -0.183. The van der Waals surface area contributed by atoms with E-state index in [2.05, 4.69) is 10.3 Å². The van der Waals surface area contributed by atoms with Gasteiger partial charge in [0.15, 0.2) is 0 Å². The van der Waals surface area contributed by atoms with E-state index >= 15 is 0 Å². The maximum absolute atomic E-state index is 12.8. The van der Waals surface area contributed by atoms with Crippen molar-refractivity contribution in [3.63, 3.8) is 0 Å². The van der Waals surface area contributed by atoms with Crippen molar-refractivity contribution >= 4 is 23.1 Å². The van der Waals surface area contributed by atoms with Crippen LogP contribution in [0.5, 0.6) is 0 Å². The van der Waals surface area contributed by atoms with Crippen molar-refractivity contribution in [2.24, 2.45) is 5.92 Å². The summed E-state index contributed by atoms with van der Waals surface area (Å²) in [7, 11) is 0. The number of nitrogens with zero attached hydrogens (tertiary/aromatic N) is 2. The van der Waals surface area contributed by atoms with E-state index in [0.29, 0.717) is 18.7 Å². The van der Waals surface area contributed by atoms with Gasteiger partial charge in [0.25, 0.3) is 0 Å². The summed E-state index contributed by atoms with van der Waals surface area (Å²) in [5.41, 5.74) is 1.48. The van der Waals surface area contributed by atoms with E-state index in [4.69, 9.17) is 0 Å². The first-order valence-electron chi connectivity index (χ1n) is 7.56. The van der Waals surface area contributed by atoms with Crippen molar-refractivity contribution in [2.45, 2.75) is 19.0 Å². The van der Waals surface area contributed by atoms with Crippen molar-refractivity contribution in [3.05, 3.63) is 35.8 Å². The number of carbonyl (C=O) groups excluding carboxylic acids is 1. The Bertz CT molecular complexity index is 686. The number of hydrogen-bond donors (Lipinski definition) is 1. The summed E-state index contributed by atoms with van der Waals surface area (Å²) in [5.74, 6) is -1.44. The first-order chi connectivity index (χ1) is 11.4. The Morgan fingerprint density at radius 2 is 2.04 bits per heavy atom. The number of anilines is 1. The van der Waals surface area contributed by atoms with Crippen LogP contribution in [-0.4, -0.2) is 35.2 Å². The summed E-state index contributed by atoms with van der Waals surface area (Å²) < 4.78 is 38.5. The molecule has 0 unspecified atom stereocenters. The van der Waals surface area contributed by atoms with Crippen LogP contribution in [0.4, 0.5) is 23.7 Å². The quantitative estimate of drug-likeness (QED) is 0.855. The molecule has 1 aliphatic heterocycles. The molecule has 1 N–H and O–H groups in total. The Hall–Kier alpha value is -2.09. The van der Waals surface area contributed by atoms with E-state index in [9.17, 15) is 18.0 Å². The number of hydrogen-bond acceptors (Lipinski definition) is 3. The van der Waals surface area contributed by atoms with E-state index < -0.39 is 18.1 Å². The SMILES string of the molecule is O=C(Nc1ccc(-c2nccs2)cc1)N1CCC[C@@H](C(F)(F)F)C1. The van der Waals surface area contributed by atoms with Crippen molar-refractivity contribution in [2.75, 3.05) is 18.4 Å². The number of thiazole rings is 1. The monoisotopic (exact) mass is 355 g/mol. The van der Waals surface area contributed by atoms with Crippen LogP contribution in [0, 0.1) is 5.92 Å². The van der Waals surface area contributed by atoms with Crippen LogP contribution in [0.3, 0.4) is 0 Å². The predicted molar refractivity (Wildman–Crippen MR) is 86.9 cm³/mol. The fourth-order valence-electron chi connectivity index (χ4n) is 2.69. The van der Waals surface area contributed by atoms with Gasteiger partial charge in [-0.3, -0.25) is 0 Å². The zero-order valence-corrected chi connectivity index (χ0v) is 13.5. The second kappa shape index (κ2) is 6.80. The van der Waals surface area contributed by atoms with Crippen LogP contribution in [0.25, 0.3) is 10.6 Å². The van der Waals surface area contributed by atoms with Crippen LogP contribution in [0.15, 0.2) is 35.8 Å². The van der Waals surface area contributed by atoms with E-state index in [1.54, 1.807) is 18.3 Å². The van der Waals surface area contributed by atoms with Gasteiger partial charge in [-0.25, -0.2) is 9.78 Å². The summed E-state index contributed by atoms with van der Waals surface area (Å²) in [4.78, 5) is 17.6. The van der Waals surface area contributed by atoms with Gasteiger partial charge in [0.2, 0.25) is 0 Å². The minimum absolute atomic E-state index is 0.0792. The average molecular weight is 355 g/mol. The molecule has 1 fully saturated rings. The Labute approximate surface area is 141 Å². The lowest BCUT2D eigenvalue weighted by Crippen LogP contribution is -2.46. The normalized spacial score (nSPS) is 18.5. The number of likely N-dealkylation sites (tertiary alicyclic amines) is 1. The molecule has 128 valence electrons. The molecule has 0 radical (unpaired) electrons. The summed E-state index contributed by atoms with van der Waals surface area (Å²) in [6.45, 7) is 0.0577. The molecule has 2 aromatic rings. The summed E-state index contributed by atoms with van der Waals surface area (Å²) in [6, 6.07) is 6.59. The molecule has 4 nitrogen and oxygen atoms in total. The second-order valence-electron chi connectivity index (χ2n) is 5.67. The molecule has 0 spiro atoms. The Morgan fingerprint density at radius 1 is 1.29 bits per heavy atom. The highest BCUT2D eigenvalue weighted by atomic mass is 32.1. The van der Waals surface area contributed by atoms with E-state index in [0.717, 1.165) is 10.6 Å². The highest BCUT2D eigenvalue weighted by molar-refractivity contribution is 7.13. The van der Waals surface area contributed by atoms with Gasteiger partial charge >= 0.3 is 12.2 Å². The van der Waals surface area contributed by atoms with Gasteiger partial charge in [-0.05, 0) is 37.1 Å². The van der Waals surface area contributed by atoms with Crippen LogP contribution in [0.1, 0.15) is 12.8 Å². The topological polar surface area (TPSA) is 45.2 Å². The van der Waals surface area contributed by atoms with Crippen LogP contribution in [-0.2, 0) is 0 Å². The summed E-state index contributed by atoms with van der Waals surface area (Å²) in [5, 5.41) is 5.40. The number of aromatic nitrogens is 1. The standard InChI is InChI=1S/C16H16F3N3OS/c17-16(18,19)12-2-1-8-22(10-12)15(23)21-13-5-3-11(4-6-13)14-20-7-9-24-14/h3-7,9,12H,1-2,8,10H2,(H,21,23)/t12-/m1/s1. The predicted octanol–water partition coefficient (Wildman–Crippen LogP) is 4.62. The molecule has 2 heterocycles. The number of nitrogens with one attached hydrogen (secondary N) is 1. The zero-order valence-electron chi connectivity index (χ0n) is 12.7. The van der Waals surface area contributed by atoms with Gasteiger partial charge in [0.1, 0.15) is 5.01 Å². The molecule has 1 aromatic carbocycles. The third kappa shape index (κ3) is 3.87. The van der Waals surface area contributed by atoms with Gasteiger partial charge in [-0.2, -0.15) is 13.2 Å². The number of rotatable bonds is 2. The third-order valence-electron chi connectivity index (χ3n) is 3.99. The maximum Gasteiger partial charge on any atom is 0.393 e. The lowest BCUT2D eigenvalue weighted by atomic mass is 9.98. The van der Waals surface area contributed by atoms with Crippen LogP contribution < -0.4 is 5.32 Å². The second-order valence-corrected chi connectivity index (χ2v) is 6.57. The molecule has 1 saturated heterocycles. The first-order valence-corrected chi connectivity index (χ1v) is 8.44. The zero-order chi connectivity index (χ0) is 17.2. The molecule has 8 heteroatoms. The number of carbonyl (C=O) groups is 1. The summed E-state index contributed by atoms with van der Waals surface area (Å²) >= 11 is 1.51. The van der Waals surface area contributed by atoms with E-state index in [1.807, 2.05) is 17.5 Å². The minimum atomic E-state index is -4.26. The van der Waals surface area contributed by atoms with Crippen LogP contribution in [0.2, 0.25) is 0 Å². The fraction of sp³-hybridized carbons (Fsp3) is 0.375. The Morgan fingerprint density at radius 3 is 2.67 bits per heavy atom. The molecule has 24 heavy (non-hydrogen) atoms.